The second-order valence-corrected chi connectivity index (χ2v) is 7.04. The molecule has 5 N–H and O–H groups in total. The van der Waals surface area contributed by atoms with Gasteiger partial charge in [-0.2, -0.15) is 0 Å². The van der Waals surface area contributed by atoms with Gasteiger partial charge in [-0.3, -0.25) is 9.79 Å². The van der Waals surface area contributed by atoms with Crippen molar-refractivity contribution >= 4 is 33.3 Å². The number of aliphatic hydroxyl groups excluding tert-OH is 1. The molecular formula is C21H17N3O4. The van der Waals surface area contributed by atoms with E-state index in [1.54, 1.807) is 42.7 Å². The van der Waals surface area contributed by atoms with Crippen molar-refractivity contribution in [1.82, 2.24) is 9.97 Å². The standard InChI is InChI=1S/C21H17N3O4/c1-9(25)19-21(28)13-8-23-15-4-5-16(27)18(17(13)15)20(24-19)12-7-22-14-3-2-10(26)6-11(12)14/h2-8,19,21-23,26-28H,1H3/t19-,21-/m1/s1. The zero-order chi connectivity index (χ0) is 19.6. The molecule has 3 heterocycles. The first-order valence-corrected chi connectivity index (χ1v) is 8.86. The van der Waals surface area contributed by atoms with Gasteiger partial charge in [0, 0.05) is 45.3 Å². The van der Waals surface area contributed by atoms with Crippen LogP contribution in [0.4, 0.5) is 0 Å². The van der Waals surface area contributed by atoms with E-state index in [9.17, 15) is 20.1 Å². The van der Waals surface area contributed by atoms with Gasteiger partial charge in [0.25, 0.3) is 0 Å². The molecule has 2 aromatic carbocycles. The van der Waals surface area contributed by atoms with E-state index in [2.05, 4.69) is 15.0 Å². The van der Waals surface area contributed by atoms with Gasteiger partial charge in [-0.1, -0.05) is 0 Å². The number of aromatic amines is 2. The first-order chi connectivity index (χ1) is 13.5. The minimum absolute atomic E-state index is 0.00185. The van der Waals surface area contributed by atoms with Crippen LogP contribution in [0.25, 0.3) is 21.8 Å². The lowest BCUT2D eigenvalue weighted by Crippen LogP contribution is -2.24. The van der Waals surface area contributed by atoms with Gasteiger partial charge in [0.15, 0.2) is 5.78 Å². The Morgan fingerprint density at radius 2 is 1.82 bits per heavy atom. The van der Waals surface area contributed by atoms with Crippen LogP contribution >= 0.6 is 0 Å². The number of aliphatic hydroxyl groups is 1. The van der Waals surface area contributed by atoms with E-state index in [0.717, 1.165) is 11.0 Å². The Morgan fingerprint density at radius 1 is 1.07 bits per heavy atom. The molecule has 1 aliphatic heterocycles. The Bertz CT molecular complexity index is 1300. The highest BCUT2D eigenvalue weighted by atomic mass is 16.3. The van der Waals surface area contributed by atoms with Crippen molar-refractivity contribution in [2.45, 2.75) is 19.1 Å². The molecule has 0 fully saturated rings. The summed E-state index contributed by atoms with van der Waals surface area (Å²) in [5.74, 6) is -0.192. The lowest BCUT2D eigenvalue weighted by atomic mass is 9.95. The van der Waals surface area contributed by atoms with Crippen molar-refractivity contribution in [3.8, 4) is 11.5 Å². The number of Topliss-reactive ketones (excluding diaryl/α,β-unsaturated/α-hetero) is 1. The highest BCUT2D eigenvalue weighted by molar-refractivity contribution is 6.26. The van der Waals surface area contributed by atoms with Crippen molar-refractivity contribution in [3.05, 3.63) is 59.4 Å². The third-order valence-corrected chi connectivity index (χ3v) is 5.31. The molecule has 0 aliphatic carbocycles. The van der Waals surface area contributed by atoms with Crippen LogP contribution in [-0.2, 0) is 4.79 Å². The van der Waals surface area contributed by atoms with Gasteiger partial charge in [0.2, 0.25) is 0 Å². The topological polar surface area (TPSA) is 122 Å². The number of aromatic hydroxyl groups is 2. The molecule has 7 heteroatoms. The highest BCUT2D eigenvalue weighted by Gasteiger charge is 2.34. The number of nitrogens with zero attached hydrogens (tertiary/aromatic N) is 1. The number of nitrogens with one attached hydrogen (secondary N) is 2. The van der Waals surface area contributed by atoms with Gasteiger partial charge < -0.3 is 25.3 Å². The molecule has 0 spiro atoms. The van der Waals surface area contributed by atoms with Gasteiger partial charge in [-0.05, 0) is 37.3 Å². The minimum atomic E-state index is -1.14. The van der Waals surface area contributed by atoms with Crippen molar-refractivity contribution in [1.29, 1.82) is 0 Å². The molecule has 0 saturated carbocycles. The predicted octanol–water partition coefficient (Wildman–Crippen LogP) is 2.90. The number of fused-ring (bicyclic) bond motifs is 1. The highest BCUT2D eigenvalue weighted by Crippen LogP contribution is 2.40. The number of carbonyl (C=O) groups excluding carboxylic acids is 1. The fourth-order valence-electron chi connectivity index (χ4n) is 3.98. The molecular weight excluding hydrogens is 358 g/mol. The lowest BCUT2D eigenvalue weighted by molar-refractivity contribution is -0.120. The van der Waals surface area contributed by atoms with E-state index in [0.29, 0.717) is 33.2 Å². The molecule has 0 bridgehead atoms. The number of benzene rings is 2. The van der Waals surface area contributed by atoms with Crippen molar-refractivity contribution in [3.63, 3.8) is 0 Å². The number of hydrogen-bond donors (Lipinski definition) is 5. The SMILES string of the molecule is CC(=O)[C@H]1N=C(c2c[nH]c3ccc(O)cc23)c2c(O)ccc3[nH]cc(c23)[C@H]1O. The summed E-state index contributed by atoms with van der Waals surface area (Å²) in [7, 11) is 0. The molecule has 1 aliphatic rings. The first-order valence-electron chi connectivity index (χ1n) is 8.86. The number of hydrogen-bond acceptors (Lipinski definition) is 5. The molecule has 0 radical (unpaired) electrons. The maximum atomic E-state index is 12.3. The van der Waals surface area contributed by atoms with E-state index in [4.69, 9.17) is 0 Å². The van der Waals surface area contributed by atoms with Crippen LogP contribution < -0.4 is 0 Å². The maximum Gasteiger partial charge on any atom is 0.157 e. The van der Waals surface area contributed by atoms with Crippen LogP contribution in [0, 0.1) is 0 Å². The van der Waals surface area contributed by atoms with Crippen LogP contribution in [0.15, 0.2) is 47.7 Å². The normalized spacial score (nSPS) is 19.0. The van der Waals surface area contributed by atoms with Crippen molar-refractivity contribution in [2.24, 2.45) is 4.99 Å². The smallest absolute Gasteiger partial charge is 0.157 e. The van der Waals surface area contributed by atoms with Gasteiger partial charge in [0.1, 0.15) is 23.6 Å². The zero-order valence-corrected chi connectivity index (χ0v) is 14.9. The summed E-state index contributed by atoms with van der Waals surface area (Å²) in [6, 6.07) is 7.18. The number of rotatable bonds is 2. The van der Waals surface area contributed by atoms with Gasteiger partial charge >= 0.3 is 0 Å². The maximum absolute atomic E-state index is 12.3. The third-order valence-electron chi connectivity index (χ3n) is 5.31. The first kappa shape index (κ1) is 16.6. The van der Waals surface area contributed by atoms with E-state index < -0.39 is 12.1 Å². The molecule has 7 nitrogen and oxygen atoms in total. The summed E-state index contributed by atoms with van der Waals surface area (Å²) in [4.78, 5) is 23.1. The Balaban J connectivity index is 1.91. The van der Waals surface area contributed by atoms with Crippen molar-refractivity contribution in [2.75, 3.05) is 0 Å². The summed E-state index contributed by atoms with van der Waals surface area (Å²) < 4.78 is 0. The molecule has 0 amide bonds. The molecule has 2 atom stereocenters. The van der Waals surface area contributed by atoms with E-state index in [1.807, 2.05) is 0 Å². The summed E-state index contributed by atoms with van der Waals surface area (Å²) in [6.45, 7) is 1.38. The number of carbonyl (C=O) groups is 1. The van der Waals surface area contributed by atoms with Crippen LogP contribution in [0.5, 0.6) is 11.5 Å². The summed E-state index contributed by atoms with van der Waals surface area (Å²) in [5.41, 5.74) is 3.48. The molecule has 0 unspecified atom stereocenters. The third kappa shape index (κ3) is 2.20. The molecule has 5 rings (SSSR count). The number of phenols is 2. The minimum Gasteiger partial charge on any atom is -0.508 e. The van der Waals surface area contributed by atoms with Gasteiger partial charge in [-0.15, -0.1) is 0 Å². The van der Waals surface area contributed by atoms with E-state index in [-0.39, 0.29) is 17.3 Å². The van der Waals surface area contributed by atoms with Gasteiger partial charge in [0.05, 0.1) is 11.3 Å². The summed E-state index contributed by atoms with van der Waals surface area (Å²) in [6.07, 6.45) is 2.23. The zero-order valence-electron chi connectivity index (χ0n) is 14.9. The van der Waals surface area contributed by atoms with Crippen LogP contribution in [0.3, 0.4) is 0 Å². The predicted molar refractivity (Wildman–Crippen MR) is 105 cm³/mol. The Kier molecular flexibility index (Phi) is 3.38. The second-order valence-electron chi connectivity index (χ2n) is 7.04. The van der Waals surface area contributed by atoms with Crippen LogP contribution in [0.1, 0.15) is 29.7 Å². The van der Waals surface area contributed by atoms with Crippen molar-refractivity contribution < 1.29 is 20.1 Å². The Morgan fingerprint density at radius 3 is 2.61 bits per heavy atom. The van der Waals surface area contributed by atoms with Crippen LogP contribution in [0.2, 0.25) is 0 Å². The van der Waals surface area contributed by atoms with E-state index in [1.165, 1.54) is 6.92 Å². The number of ketones is 1. The lowest BCUT2D eigenvalue weighted by Gasteiger charge is -2.15. The molecule has 4 aromatic rings. The second kappa shape index (κ2) is 5.71. The Hall–Kier alpha value is -3.58. The Labute approximate surface area is 159 Å². The molecule has 0 saturated heterocycles. The average molecular weight is 375 g/mol. The largest absolute Gasteiger partial charge is 0.508 e. The number of H-pyrrole nitrogens is 2. The van der Waals surface area contributed by atoms with Gasteiger partial charge in [-0.25, -0.2) is 0 Å². The quantitative estimate of drug-likeness (QED) is 0.370. The number of aliphatic imine (C=N–C) groups is 1. The summed E-state index contributed by atoms with van der Waals surface area (Å²) >= 11 is 0. The monoisotopic (exact) mass is 375 g/mol. The molecule has 140 valence electrons. The van der Waals surface area contributed by atoms with Crippen LogP contribution in [-0.4, -0.2) is 42.8 Å². The van der Waals surface area contributed by atoms with E-state index >= 15 is 0 Å². The molecule has 2 aromatic heterocycles. The number of phenolic OH excluding ortho intramolecular Hbond substituents is 2. The fraction of sp³-hybridized carbons (Fsp3) is 0.143. The summed E-state index contributed by atoms with van der Waals surface area (Å²) in [5, 5.41) is 32.8. The average Bonchev–Trinajstić information content (AvgIpc) is 3.23. The molecule has 28 heavy (non-hydrogen) atoms. The fourth-order valence-corrected chi connectivity index (χ4v) is 3.98. The number of aromatic nitrogens is 2.